The number of halogens is 2. The quantitative estimate of drug-likeness (QED) is 0.653. The van der Waals surface area contributed by atoms with Crippen LogP contribution in [0.25, 0.3) is 0 Å². The predicted octanol–water partition coefficient (Wildman–Crippen LogP) is 3.44. The van der Waals surface area contributed by atoms with Crippen LogP contribution in [-0.2, 0) is 4.74 Å². The SMILES string of the molecule is NNC(c1cc(F)ccc1Br)C1CCOC2(CCC2)C1. The molecule has 1 aromatic rings. The average Bonchev–Trinajstić information content (AvgIpc) is 2.42. The molecule has 2 unspecified atom stereocenters. The van der Waals surface area contributed by atoms with Crippen LogP contribution in [0.4, 0.5) is 4.39 Å². The molecule has 5 heteroatoms. The van der Waals surface area contributed by atoms with E-state index in [0.717, 1.165) is 42.3 Å². The third-order valence-corrected chi connectivity index (χ3v) is 5.46. The van der Waals surface area contributed by atoms with E-state index in [-0.39, 0.29) is 17.5 Å². The van der Waals surface area contributed by atoms with Crippen molar-refractivity contribution < 1.29 is 9.13 Å². The van der Waals surface area contributed by atoms with Gasteiger partial charge in [0.05, 0.1) is 11.6 Å². The summed E-state index contributed by atoms with van der Waals surface area (Å²) >= 11 is 3.50. The summed E-state index contributed by atoms with van der Waals surface area (Å²) in [6.07, 6.45) is 5.50. The van der Waals surface area contributed by atoms with Crippen LogP contribution in [0.3, 0.4) is 0 Å². The van der Waals surface area contributed by atoms with Gasteiger partial charge >= 0.3 is 0 Å². The number of ether oxygens (including phenoxy) is 1. The van der Waals surface area contributed by atoms with Crippen molar-refractivity contribution >= 4 is 15.9 Å². The monoisotopic (exact) mass is 342 g/mol. The van der Waals surface area contributed by atoms with Crippen molar-refractivity contribution in [3.63, 3.8) is 0 Å². The van der Waals surface area contributed by atoms with Crippen LogP contribution in [0.2, 0.25) is 0 Å². The first kappa shape index (κ1) is 14.4. The molecule has 0 bridgehead atoms. The zero-order valence-corrected chi connectivity index (χ0v) is 13.0. The summed E-state index contributed by atoms with van der Waals surface area (Å²) in [6, 6.07) is 4.73. The number of nitrogens with two attached hydrogens (primary N) is 1. The topological polar surface area (TPSA) is 47.3 Å². The van der Waals surface area contributed by atoms with Gasteiger partial charge in [0.25, 0.3) is 0 Å². The maximum atomic E-state index is 13.5. The summed E-state index contributed by atoms with van der Waals surface area (Å²) in [4.78, 5) is 0. The molecule has 0 aromatic heterocycles. The Morgan fingerprint density at radius 3 is 2.90 bits per heavy atom. The summed E-state index contributed by atoms with van der Waals surface area (Å²) in [6.45, 7) is 0.774. The number of nitrogens with one attached hydrogen (secondary N) is 1. The van der Waals surface area contributed by atoms with Gasteiger partial charge in [0.15, 0.2) is 0 Å². The molecule has 1 aliphatic carbocycles. The van der Waals surface area contributed by atoms with E-state index in [0.29, 0.717) is 5.92 Å². The Hall–Kier alpha value is -0.490. The van der Waals surface area contributed by atoms with Crippen LogP contribution in [-0.4, -0.2) is 12.2 Å². The largest absolute Gasteiger partial charge is 0.375 e. The van der Waals surface area contributed by atoms with Crippen LogP contribution >= 0.6 is 15.9 Å². The highest BCUT2D eigenvalue weighted by molar-refractivity contribution is 9.10. The molecule has 1 aliphatic heterocycles. The molecule has 2 atom stereocenters. The van der Waals surface area contributed by atoms with Gasteiger partial charge in [0, 0.05) is 11.1 Å². The molecule has 1 heterocycles. The van der Waals surface area contributed by atoms with E-state index in [4.69, 9.17) is 10.6 Å². The molecule has 0 amide bonds. The maximum absolute atomic E-state index is 13.5. The molecule has 2 fully saturated rings. The van der Waals surface area contributed by atoms with E-state index in [1.165, 1.54) is 12.5 Å². The van der Waals surface area contributed by atoms with Gasteiger partial charge in [-0.2, -0.15) is 0 Å². The van der Waals surface area contributed by atoms with E-state index in [1.54, 1.807) is 12.1 Å². The fraction of sp³-hybridized carbons (Fsp3) is 0.600. The predicted molar refractivity (Wildman–Crippen MR) is 79.4 cm³/mol. The van der Waals surface area contributed by atoms with Crippen LogP contribution in [0.15, 0.2) is 22.7 Å². The molecule has 110 valence electrons. The van der Waals surface area contributed by atoms with Gasteiger partial charge in [-0.3, -0.25) is 11.3 Å². The maximum Gasteiger partial charge on any atom is 0.123 e. The van der Waals surface area contributed by atoms with Gasteiger partial charge in [-0.05, 0) is 61.8 Å². The van der Waals surface area contributed by atoms with Crippen LogP contribution in [0.1, 0.15) is 43.7 Å². The van der Waals surface area contributed by atoms with Gasteiger partial charge in [0.1, 0.15) is 5.82 Å². The Labute approximate surface area is 127 Å². The minimum atomic E-state index is -0.228. The van der Waals surface area contributed by atoms with Gasteiger partial charge in [-0.1, -0.05) is 15.9 Å². The van der Waals surface area contributed by atoms with Crippen molar-refractivity contribution in [3.05, 3.63) is 34.1 Å². The minimum Gasteiger partial charge on any atom is -0.375 e. The van der Waals surface area contributed by atoms with Crippen molar-refractivity contribution in [2.24, 2.45) is 11.8 Å². The average molecular weight is 343 g/mol. The molecule has 1 saturated heterocycles. The number of hydrogen-bond donors (Lipinski definition) is 2. The molecule has 1 spiro atoms. The van der Waals surface area contributed by atoms with E-state index in [1.807, 2.05) is 0 Å². The van der Waals surface area contributed by atoms with E-state index in [9.17, 15) is 4.39 Å². The van der Waals surface area contributed by atoms with Gasteiger partial charge in [-0.25, -0.2) is 4.39 Å². The first-order valence-corrected chi connectivity index (χ1v) is 7.98. The van der Waals surface area contributed by atoms with Crippen molar-refractivity contribution in [2.75, 3.05) is 6.61 Å². The third-order valence-electron chi connectivity index (χ3n) is 4.74. The van der Waals surface area contributed by atoms with E-state index < -0.39 is 0 Å². The van der Waals surface area contributed by atoms with Crippen LogP contribution in [0.5, 0.6) is 0 Å². The first-order valence-electron chi connectivity index (χ1n) is 7.19. The summed E-state index contributed by atoms with van der Waals surface area (Å²) < 4.78 is 20.4. The molecule has 1 aromatic carbocycles. The number of rotatable bonds is 3. The highest BCUT2D eigenvalue weighted by Crippen LogP contribution is 2.47. The lowest BCUT2D eigenvalue weighted by Gasteiger charge is -2.48. The van der Waals surface area contributed by atoms with Gasteiger partial charge in [0.2, 0.25) is 0 Å². The number of hydrazine groups is 1. The zero-order chi connectivity index (χ0) is 14.2. The summed E-state index contributed by atoms with van der Waals surface area (Å²) in [5.74, 6) is 5.92. The molecule has 0 radical (unpaired) electrons. The standard InChI is InChI=1S/C15H20BrFN2O/c16-13-3-2-11(17)8-12(13)14(19-18)10-4-7-20-15(9-10)5-1-6-15/h2-3,8,10,14,19H,1,4-7,9,18H2. The first-order chi connectivity index (χ1) is 9.63. The molecule has 2 aliphatic rings. The lowest BCUT2D eigenvalue weighted by Crippen LogP contribution is -2.48. The summed E-state index contributed by atoms with van der Waals surface area (Å²) in [5.41, 5.74) is 3.85. The van der Waals surface area contributed by atoms with Crippen molar-refractivity contribution in [1.82, 2.24) is 5.43 Å². The zero-order valence-electron chi connectivity index (χ0n) is 11.4. The molecule has 20 heavy (non-hydrogen) atoms. The van der Waals surface area contributed by atoms with Crippen molar-refractivity contribution in [1.29, 1.82) is 0 Å². The Kier molecular flexibility index (Phi) is 4.13. The highest BCUT2D eigenvalue weighted by Gasteiger charge is 2.44. The summed E-state index contributed by atoms with van der Waals surface area (Å²) in [7, 11) is 0. The Morgan fingerprint density at radius 2 is 2.25 bits per heavy atom. The number of benzene rings is 1. The molecular weight excluding hydrogens is 323 g/mol. The Morgan fingerprint density at radius 1 is 1.45 bits per heavy atom. The summed E-state index contributed by atoms with van der Waals surface area (Å²) in [5, 5.41) is 0. The second kappa shape index (κ2) is 5.72. The third kappa shape index (κ3) is 2.64. The molecule has 1 saturated carbocycles. The molecular formula is C15H20BrFN2O. The molecule has 3 N–H and O–H groups in total. The second-order valence-corrected chi connectivity index (χ2v) is 6.80. The lowest BCUT2D eigenvalue weighted by molar-refractivity contribution is -0.147. The fourth-order valence-electron chi connectivity index (χ4n) is 3.50. The molecule has 3 rings (SSSR count). The van der Waals surface area contributed by atoms with Gasteiger partial charge in [-0.15, -0.1) is 0 Å². The van der Waals surface area contributed by atoms with Crippen molar-refractivity contribution in [2.45, 2.75) is 43.7 Å². The van der Waals surface area contributed by atoms with Crippen molar-refractivity contribution in [3.8, 4) is 0 Å². The van der Waals surface area contributed by atoms with E-state index >= 15 is 0 Å². The van der Waals surface area contributed by atoms with Gasteiger partial charge < -0.3 is 4.74 Å². The lowest BCUT2D eigenvalue weighted by atomic mass is 9.70. The normalized spacial score (nSPS) is 26.2. The van der Waals surface area contributed by atoms with E-state index in [2.05, 4.69) is 21.4 Å². The molecule has 3 nitrogen and oxygen atoms in total. The number of hydrogen-bond acceptors (Lipinski definition) is 3. The second-order valence-electron chi connectivity index (χ2n) is 5.95. The van der Waals surface area contributed by atoms with Crippen LogP contribution in [0, 0.1) is 11.7 Å². The minimum absolute atomic E-state index is 0.0403. The fourth-order valence-corrected chi connectivity index (χ4v) is 4.00. The smallest absolute Gasteiger partial charge is 0.123 e. The Balaban J connectivity index is 1.83. The Bertz CT molecular complexity index is 493. The van der Waals surface area contributed by atoms with Crippen LogP contribution < -0.4 is 11.3 Å². The highest BCUT2D eigenvalue weighted by atomic mass is 79.9.